The van der Waals surface area contributed by atoms with Crippen LogP contribution in [0.2, 0.25) is 0 Å². The topological polar surface area (TPSA) is 41.1 Å². The molecule has 2 atom stereocenters. The summed E-state index contributed by atoms with van der Waals surface area (Å²) in [5.74, 6) is 0.496. The van der Waals surface area contributed by atoms with E-state index < -0.39 is 0 Å². The molecular weight excluding hydrogens is 268 g/mol. The Balaban J connectivity index is 1.77. The standard InChI is InChI=1S/C12H15BrN2O/c13-6-7-14-12(16)15-11-8-10(11)9-4-2-1-3-5-9/h1-5,10-11H,6-8H2,(H2,14,15,16)/t10-,11-/m0/s1. The van der Waals surface area contributed by atoms with E-state index in [1.165, 1.54) is 5.56 Å². The maximum absolute atomic E-state index is 11.4. The van der Waals surface area contributed by atoms with Crippen LogP contribution < -0.4 is 10.6 Å². The summed E-state index contributed by atoms with van der Waals surface area (Å²) in [4.78, 5) is 11.4. The van der Waals surface area contributed by atoms with Gasteiger partial charge in [-0.3, -0.25) is 0 Å². The van der Waals surface area contributed by atoms with Crippen LogP contribution in [-0.4, -0.2) is 23.9 Å². The summed E-state index contributed by atoms with van der Waals surface area (Å²) >= 11 is 3.27. The van der Waals surface area contributed by atoms with Crippen molar-refractivity contribution >= 4 is 22.0 Å². The van der Waals surface area contributed by atoms with E-state index >= 15 is 0 Å². The first kappa shape index (κ1) is 11.5. The highest BCUT2D eigenvalue weighted by atomic mass is 79.9. The highest BCUT2D eigenvalue weighted by molar-refractivity contribution is 9.09. The molecule has 0 unspecified atom stereocenters. The quantitative estimate of drug-likeness (QED) is 0.817. The second-order valence-corrected chi connectivity index (χ2v) is 4.74. The van der Waals surface area contributed by atoms with E-state index in [4.69, 9.17) is 0 Å². The maximum Gasteiger partial charge on any atom is 0.315 e. The predicted molar refractivity (Wildman–Crippen MR) is 67.9 cm³/mol. The van der Waals surface area contributed by atoms with Crippen LogP contribution in [0, 0.1) is 0 Å². The van der Waals surface area contributed by atoms with Gasteiger partial charge in [-0.25, -0.2) is 4.79 Å². The monoisotopic (exact) mass is 282 g/mol. The van der Waals surface area contributed by atoms with Crippen molar-refractivity contribution < 1.29 is 4.79 Å². The third kappa shape index (κ3) is 2.98. The molecule has 3 nitrogen and oxygen atoms in total. The smallest absolute Gasteiger partial charge is 0.315 e. The van der Waals surface area contributed by atoms with Crippen molar-refractivity contribution in [3.8, 4) is 0 Å². The first-order valence-corrected chi connectivity index (χ1v) is 6.58. The number of hydrogen-bond acceptors (Lipinski definition) is 1. The third-order valence-corrected chi connectivity index (χ3v) is 3.11. The van der Waals surface area contributed by atoms with Gasteiger partial charge in [-0.15, -0.1) is 0 Å². The molecule has 0 bridgehead atoms. The lowest BCUT2D eigenvalue weighted by Gasteiger charge is -2.05. The molecule has 0 aliphatic heterocycles. The molecule has 1 aliphatic carbocycles. The lowest BCUT2D eigenvalue weighted by molar-refractivity contribution is 0.241. The average molecular weight is 283 g/mol. The molecule has 4 heteroatoms. The SMILES string of the molecule is O=C(NCCBr)N[C@H]1C[C@H]1c1ccccc1. The van der Waals surface area contributed by atoms with Crippen LogP contribution in [0.3, 0.4) is 0 Å². The minimum atomic E-state index is -0.0668. The van der Waals surface area contributed by atoms with Gasteiger partial charge in [0.1, 0.15) is 0 Å². The number of urea groups is 1. The third-order valence-electron chi connectivity index (χ3n) is 2.71. The van der Waals surface area contributed by atoms with Crippen molar-refractivity contribution in [3.63, 3.8) is 0 Å². The number of carbonyl (C=O) groups excluding carboxylic acids is 1. The number of amides is 2. The molecule has 0 radical (unpaired) electrons. The van der Waals surface area contributed by atoms with Gasteiger partial charge in [-0.2, -0.15) is 0 Å². The summed E-state index contributed by atoms with van der Waals surface area (Å²) in [7, 11) is 0. The fraction of sp³-hybridized carbons (Fsp3) is 0.417. The second-order valence-electron chi connectivity index (χ2n) is 3.95. The first-order valence-electron chi connectivity index (χ1n) is 5.46. The van der Waals surface area contributed by atoms with E-state index in [1.807, 2.05) is 18.2 Å². The van der Waals surface area contributed by atoms with Crippen LogP contribution >= 0.6 is 15.9 Å². The summed E-state index contributed by atoms with van der Waals surface area (Å²) in [6.45, 7) is 0.661. The van der Waals surface area contributed by atoms with Crippen LogP contribution in [0.4, 0.5) is 4.79 Å². The van der Waals surface area contributed by atoms with E-state index in [-0.39, 0.29) is 6.03 Å². The Morgan fingerprint density at radius 1 is 1.38 bits per heavy atom. The molecule has 2 N–H and O–H groups in total. The summed E-state index contributed by atoms with van der Waals surface area (Å²) in [5.41, 5.74) is 1.31. The summed E-state index contributed by atoms with van der Waals surface area (Å²) in [5, 5.41) is 6.53. The van der Waals surface area contributed by atoms with Crippen molar-refractivity contribution in [2.24, 2.45) is 0 Å². The van der Waals surface area contributed by atoms with Crippen LogP contribution in [-0.2, 0) is 0 Å². The largest absolute Gasteiger partial charge is 0.337 e. The number of benzene rings is 1. The van der Waals surface area contributed by atoms with Crippen molar-refractivity contribution in [1.82, 2.24) is 10.6 Å². The Bertz CT molecular complexity index is 355. The van der Waals surface area contributed by atoms with Crippen LogP contribution in [0.5, 0.6) is 0 Å². The van der Waals surface area contributed by atoms with Gasteiger partial charge in [0, 0.05) is 23.8 Å². The zero-order valence-corrected chi connectivity index (χ0v) is 10.5. The Kier molecular flexibility index (Phi) is 3.83. The van der Waals surface area contributed by atoms with E-state index in [0.29, 0.717) is 18.5 Å². The van der Waals surface area contributed by atoms with Crippen LogP contribution in [0.15, 0.2) is 30.3 Å². The van der Waals surface area contributed by atoms with Crippen molar-refractivity contribution in [2.45, 2.75) is 18.4 Å². The van der Waals surface area contributed by atoms with Gasteiger partial charge in [-0.1, -0.05) is 46.3 Å². The Morgan fingerprint density at radius 2 is 2.12 bits per heavy atom. The van der Waals surface area contributed by atoms with Gasteiger partial charge in [0.25, 0.3) is 0 Å². The fourth-order valence-electron chi connectivity index (χ4n) is 1.80. The van der Waals surface area contributed by atoms with Gasteiger partial charge in [-0.05, 0) is 12.0 Å². The number of nitrogens with one attached hydrogen (secondary N) is 2. The Morgan fingerprint density at radius 3 is 2.81 bits per heavy atom. The number of alkyl halides is 1. The lowest BCUT2D eigenvalue weighted by atomic mass is 10.1. The predicted octanol–water partition coefficient (Wildman–Crippen LogP) is 2.24. The molecular formula is C12H15BrN2O. The molecule has 0 spiro atoms. The van der Waals surface area contributed by atoms with Crippen molar-refractivity contribution in [2.75, 3.05) is 11.9 Å². The molecule has 0 aromatic heterocycles. The first-order chi connectivity index (χ1) is 7.81. The summed E-state index contributed by atoms with van der Waals surface area (Å²) < 4.78 is 0. The van der Waals surface area contributed by atoms with Crippen molar-refractivity contribution in [3.05, 3.63) is 35.9 Å². The molecule has 1 aromatic carbocycles. The van der Waals surface area contributed by atoms with Gasteiger partial charge in [0.15, 0.2) is 0 Å². The molecule has 0 heterocycles. The summed E-state index contributed by atoms with van der Waals surface area (Å²) in [6, 6.07) is 10.5. The lowest BCUT2D eigenvalue weighted by Crippen LogP contribution is -2.38. The highest BCUT2D eigenvalue weighted by Gasteiger charge is 2.39. The molecule has 1 aliphatic rings. The van der Waals surface area contributed by atoms with E-state index in [9.17, 15) is 4.79 Å². The number of rotatable bonds is 4. The minimum absolute atomic E-state index is 0.0668. The van der Waals surface area contributed by atoms with Gasteiger partial charge in [0.05, 0.1) is 0 Å². The van der Waals surface area contributed by atoms with Crippen LogP contribution in [0.1, 0.15) is 17.9 Å². The zero-order valence-electron chi connectivity index (χ0n) is 8.95. The molecule has 2 rings (SSSR count). The number of carbonyl (C=O) groups is 1. The number of halogens is 1. The summed E-state index contributed by atoms with van der Waals surface area (Å²) in [6.07, 6.45) is 1.05. The average Bonchev–Trinajstić information content (AvgIpc) is 3.07. The van der Waals surface area contributed by atoms with Crippen LogP contribution in [0.25, 0.3) is 0 Å². The molecule has 16 heavy (non-hydrogen) atoms. The molecule has 1 aromatic rings. The van der Waals surface area contributed by atoms with E-state index in [1.54, 1.807) is 0 Å². The normalized spacial score (nSPS) is 22.6. The van der Waals surface area contributed by atoms with E-state index in [0.717, 1.165) is 11.8 Å². The Labute approximate surface area is 104 Å². The van der Waals surface area contributed by atoms with E-state index in [2.05, 4.69) is 38.7 Å². The second kappa shape index (κ2) is 5.34. The molecule has 1 saturated carbocycles. The van der Waals surface area contributed by atoms with Gasteiger partial charge in [0.2, 0.25) is 0 Å². The molecule has 1 fully saturated rings. The van der Waals surface area contributed by atoms with Gasteiger partial charge >= 0.3 is 6.03 Å². The van der Waals surface area contributed by atoms with Gasteiger partial charge < -0.3 is 10.6 Å². The molecule has 86 valence electrons. The fourth-order valence-corrected chi connectivity index (χ4v) is 2.00. The minimum Gasteiger partial charge on any atom is -0.337 e. The zero-order chi connectivity index (χ0) is 11.4. The molecule has 0 saturated heterocycles. The molecule has 2 amide bonds. The maximum atomic E-state index is 11.4. The highest BCUT2D eigenvalue weighted by Crippen LogP contribution is 2.40. The Hall–Kier alpha value is -1.03. The number of hydrogen-bond donors (Lipinski definition) is 2. The van der Waals surface area contributed by atoms with Crippen molar-refractivity contribution in [1.29, 1.82) is 0 Å².